The van der Waals surface area contributed by atoms with Gasteiger partial charge in [0, 0.05) is 66.0 Å². The summed E-state index contributed by atoms with van der Waals surface area (Å²) in [5.74, 6) is -1.23. The maximum atomic E-state index is 14.9. The molecule has 2 aromatic heterocycles. The third-order valence-electron chi connectivity index (χ3n) is 6.76. The molecule has 0 spiro atoms. The number of fused-ring (bicyclic) bond motifs is 1. The van der Waals surface area contributed by atoms with Crippen LogP contribution in [0.4, 0.5) is 20.3 Å². The summed E-state index contributed by atoms with van der Waals surface area (Å²) >= 11 is 0. The number of hydrogen-bond acceptors (Lipinski definition) is 5. The second kappa shape index (κ2) is 9.11. The van der Waals surface area contributed by atoms with E-state index >= 15 is 0 Å². The van der Waals surface area contributed by atoms with Gasteiger partial charge in [-0.25, -0.2) is 9.37 Å². The molecule has 6 nitrogen and oxygen atoms in total. The Bertz CT molecular complexity index is 1440. The fourth-order valence-electron chi connectivity index (χ4n) is 4.68. The normalized spacial score (nSPS) is 14.7. The number of aromatic nitrogens is 2. The summed E-state index contributed by atoms with van der Waals surface area (Å²) < 4.78 is 29.2. The summed E-state index contributed by atoms with van der Waals surface area (Å²) in [6.45, 7) is 8.33. The molecule has 180 valence electrons. The van der Waals surface area contributed by atoms with E-state index in [1.54, 1.807) is 12.1 Å². The van der Waals surface area contributed by atoms with Gasteiger partial charge in [0.15, 0.2) is 0 Å². The highest BCUT2D eigenvalue weighted by atomic mass is 19.1. The summed E-state index contributed by atoms with van der Waals surface area (Å²) in [5.41, 5.74) is 8.74. The predicted molar refractivity (Wildman–Crippen MR) is 136 cm³/mol. The van der Waals surface area contributed by atoms with Crippen molar-refractivity contribution in [2.75, 3.05) is 36.8 Å². The zero-order valence-electron chi connectivity index (χ0n) is 19.7. The number of nitrogen functional groups attached to an aromatic ring is 1. The Kier molecular flexibility index (Phi) is 5.98. The number of benzene rings is 2. The summed E-state index contributed by atoms with van der Waals surface area (Å²) in [4.78, 5) is 23.1. The molecule has 8 heteroatoms. The highest BCUT2D eigenvalue weighted by molar-refractivity contribution is 5.89. The molecule has 3 N–H and O–H groups in total. The molecule has 0 radical (unpaired) electrons. The summed E-state index contributed by atoms with van der Waals surface area (Å²) in [5, 5.41) is 0.394. The monoisotopic (exact) mass is 475 g/mol. The lowest BCUT2D eigenvalue weighted by Gasteiger charge is -2.38. The quantitative estimate of drug-likeness (QED) is 0.420. The van der Waals surface area contributed by atoms with E-state index in [1.165, 1.54) is 12.1 Å². The third-order valence-corrected chi connectivity index (χ3v) is 6.76. The van der Waals surface area contributed by atoms with Crippen LogP contribution in [0.25, 0.3) is 33.0 Å². The topological polar surface area (TPSA) is 78.2 Å². The zero-order valence-corrected chi connectivity index (χ0v) is 19.7. The van der Waals surface area contributed by atoms with Gasteiger partial charge in [0.2, 0.25) is 5.95 Å². The van der Waals surface area contributed by atoms with Crippen LogP contribution < -0.4 is 16.2 Å². The highest BCUT2D eigenvalue weighted by Crippen LogP contribution is 2.34. The Morgan fingerprint density at radius 3 is 2.29 bits per heavy atom. The number of pyridine rings is 2. The Hall–Kier alpha value is -3.78. The average Bonchev–Trinajstić information content (AvgIpc) is 2.86. The molecule has 1 aliphatic heterocycles. The van der Waals surface area contributed by atoms with Gasteiger partial charge in [0.05, 0.1) is 0 Å². The van der Waals surface area contributed by atoms with Crippen molar-refractivity contribution < 1.29 is 8.78 Å². The first-order valence-electron chi connectivity index (χ1n) is 11.7. The van der Waals surface area contributed by atoms with Gasteiger partial charge in [-0.05, 0) is 55.3 Å². The first-order chi connectivity index (χ1) is 16.8. The molecule has 1 aliphatic rings. The number of nitrogens with one attached hydrogen (secondary N) is 1. The minimum Gasteiger partial charge on any atom is -0.383 e. The van der Waals surface area contributed by atoms with Gasteiger partial charge in [0.25, 0.3) is 5.56 Å². The molecule has 0 amide bonds. The Morgan fingerprint density at radius 2 is 1.60 bits per heavy atom. The van der Waals surface area contributed by atoms with Crippen LogP contribution in [0, 0.1) is 11.8 Å². The van der Waals surface area contributed by atoms with Crippen molar-refractivity contribution in [3.63, 3.8) is 0 Å². The van der Waals surface area contributed by atoms with Crippen molar-refractivity contribution in [1.29, 1.82) is 0 Å². The molecule has 3 heterocycles. The van der Waals surface area contributed by atoms with Crippen molar-refractivity contribution in [3.8, 4) is 22.3 Å². The van der Waals surface area contributed by atoms with E-state index in [0.717, 1.165) is 38.1 Å². The van der Waals surface area contributed by atoms with E-state index in [9.17, 15) is 13.6 Å². The summed E-state index contributed by atoms with van der Waals surface area (Å²) in [6, 6.07) is 14.6. The van der Waals surface area contributed by atoms with E-state index < -0.39 is 11.8 Å². The van der Waals surface area contributed by atoms with Crippen LogP contribution >= 0.6 is 0 Å². The molecule has 0 aliphatic carbocycles. The number of hydrogen-bond donors (Lipinski definition) is 2. The molecule has 5 rings (SSSR count). The minimum atomic E-state index is -0.673. The number of H-pyrrole nitrogens is 1. The minimum absolute atomic E-state index is 0.00417. The zero-order chi connectivity index (χ0) is 24.7. The number of piperazine rings is 1. The number of nitrogens with two attached hydrogens (primary N) is 1. The number of anilines is 2. The van der Waals surface area contributed by atoms with Crippen molar-refractivity contribution >= 4 is 22.3 Å². The molecule has 0 saturated carbocycles. The molecule has 0 unspecified atom stereocenters. The van der Waals surface area contributed by atoms with Crippen molar-refractivity contribution in [3.05, 3.63) is 76.8 Å². The van der Waals surface area contributed by atoms with Gasteiger partial charge >= 0.3 is 0 Å². The van der Waals surface area contributed by atoms with Gasteiger partial charge in [-0.1, -0.05) is 18.2 Å². The van der Waals surface area contributed by atoms with E-state index in [4.69, 9.17) is 5.73 Å². The Balaban J connectivity index is 1.47. The lowest BCUT2D eigenvalue weighted by Crippen LogP contribution is -2.48. The lowest BCUT2D eigenvalue weighted by atomic mass is 9.98. The van der Waals surface area contributed by atoms with Crippen LogP contribution in [0.5, 0.6) is 0 Å². The van der Waals surface area contributed by atoms with Crippen LogP contribution in [-0.4, -0.2) is 47.1 Å². The fraction of sp³-hybridized carbons (Fsp3) is 0.259. The second-order valence-electron chi connectivity index (χ2n) is 9.15. The molecule has 1 fully saturated rings. The molecule has 0 bridgehead atoms. The van der Waals surface area contributed by atoms with Crippen molar-refractivity contribution in [2.45, 2.75) is 19.9 Å². The highest BCUT2D eigenvalue weighted by Gasteiger charge is 2.20. The molecule has 35 heavy (non-hydrogen) atoms. The first-order valence-corrected chi connectivity index (χ1v) is 11.7. The molecular formula is C27H27F2N5O. The van der Waals surface area contributed by atoms with Gasteiger partial charge in [-0.3, -0.25) is 9.69 Å². The maximum absolute atomic E-state index is 14.9. The number of rotatable bonds is 4. The largest absolute Gasteiger partial charge is 0.383 e. The van der Waals surface area contributed by atoms with Crippen LogP contribution in [0.2, 0.25) is 0 Å². The van der Waals surface area contributed by atoms with Gasteiger partial charge < -0.3 is 15.6 Å². The van der Waals surface area contributed by atoms with Gasteiger partial charge in [-0.2, -0.15) is 4.39 Å². The van der Waals surface area contributed by atoms with E-state index in [1.807, 2.05) is 24.3 Å². The van der Waals surface area contributed by atoms with Crippen LogP contribution in [0.15, 0.2) is 59.5 Å². The molecule has 0 atom stereocenters. The molecular weight excluding hydrogens is 448 g/mol. The molecule has 4 aromatic rings. The van der Waals surface area contributed by atoms with Crippen LogP contribution in [0.1, 0.15) is 13.8 Å². The summed E-state index contributed by atoms with van der Waals surface area (Å²) in [7, 11) is 0. The number of aromatic amines is 1. The smallest absolute Gasteiger partial charge is 0.256 e. The Labute approximate surface area is 202 Å². The molecule has 2 aromatic carbocycles. The van der Waals surface area contributed by atoms with E-state index in [0.29, 0.717) is 28.3 Å². The van der Waals surface area contributed by atoms with Gasteiger partial charge in [-0.15, -0.1) is 0 Å². The maximum Gasteiger partial charge on any atom is 0.256 e. The SMILES string of the molecule is CC(C)N1CCN(c2ccc(-c3cc(-c4ccc5c(=O)[nH]cc(F)c5c4)c(N)nc3F)cc2)CC1. The lowest BCUT2D eigenvalue weighted by molar-refractivity contribution is 0.209. The number of nitrogens with zero attached hydrogens (tertiary/aromatic N) is 3. The standard InChI is InChI=1S/C27H27F2N5O/c1-16(2)33-9-11-34(12-10-33)19-6-3-17(4-7-19)21-14-22(26(30)32-25(21)29)18-5-8-20-23(13-18)24(28)15-31-27(20)35/h3-8,13-16H,9-12H2,1-2H3,(H2,30,32)(H,31,35). The van der Waals surface area contributed by atoms with Crippen LogP contribution in [0.3, 0.4) is 0 Å². The molecule has 1 saturated heterocycles. The summed E-state index contributed by atoms with van der Waals surface area (Å²) in [6.07, 6.45) is 1.02. The van der Waals surface area contributed by atoms with Crippen molar-refractivity contribution in [2.24, 2.45) is 0 Å². The second-order valence-corrected chi connectivity index (χ2v) is 9.15. The number of halogens is 2. The third kappa shape index (κ3) is 4.37. The van der Waals surface area contributed by atoms with E-state index in [2.05, 4.69) is 33.6 Å². The van der Waals surface area contributed by atoms with E-state index in [-0.39, 0.29) is 22.1 Å². The van der Waals surface area contributed by atoms with Crippen molar-refractivity contribution in [1.82, 2.24) is 14.9 Å². The van der Waals surface area contributed by atoms with Gasteiger partial charge in [0.1, 0.15) is 11.6 Å². The first kappa shape index (κ1) is 23.0. The predicted octanol–water partition coefficient (Wildman–Crippen LogP) is 4.65. The van der Waals surface area contributed by atoms with Crippen LogP contribution in [-0.2, 0) is 0 Å². The fourth-order valence-corrected chi connectivity index (χ4v) is 4.68. The average molecular weight is 476 g/mol. The Morgan fingerprint density at radius 1 is 0.914 bits per heavy atom.